The molecule has 238 valence electrons. The van der Waals surface area contributed by atoms with Crippen LogP contribution in [0.25, 0.3) is 12.2 Å². The van der Waals surface area contributed by atoms with E-state index in [1.54, 1.807) is 40.6 Å². The van der Waals surface area contributed by atoms with Crippen LogP contribution < -0.4 is 18.9 Å². The molecule has 1 saturated heterocycles. The molecular weight excluding hydrogens is 568 g/mol. The number of amides is 2. The summed E-state index contributed by atoms with van der Waals surface area (Å²) in [6.07, 6.45) is 12.1. The van der Waals surface area contributed by atoms with Gasteiger partial charge < -0.3 is 28.7 Å². The molecule has 0 saturated carbocycles. The maximum absolute atomic E-state index is 13.3. The third-order valence-electron chi connectivity index (χ3n) is 9.45. The molecule has 1 aliphatic heterocycles. The third-order valence-corrected chi connectivity index (χ3v) is 9.45. The number of fused-ring (bicyclic) bond motifs is 2. The Bertz CT molecular complexity index is 1510. The van der Waals surface area contributed by atoms with Crippen molar-refractivity contribution >= 4 is 24.0 Å². The molecule has 8 heteroatoms. The Labute approximate surface area is 266 Å². The first kappa shape index (κ1) is 31.9. The SMILES string of the molecule is COc1cc2c(cc1OC)C(C)(C)C(/C=C/C(=O)N1CCCN(C(=O)/C=C/C3=Cc4cc(OC)c(OC)cc4C3(C)C)CC1)=C2. The van der Waals surface area contributed by atoms with E-state index in [0.29, 0.717) is 49.2 Å². The van der Waals surface area contributed by atoms with Gasteiger partial charge in [0.25, 0.3) is 0 Å². The van der Waals surface area contributed by atoms with E-state index in [-0.39, 0.29) is 22.6 Å². The first-order chi connectivity index (χ1) is 21.4. The summed E-state index contributed by atoms with van der Waals surface area (Å²) in [6.45, 7) is 10.7. The van der Waals surface area contributed by atoms with E-state index in [9.17, 15) is 9.59 Å². The monoisotopic (exact) mass is 612 g/mol. The van der Waals surface area contributed by atoms with Gasteiger partial charge in [0.1, 0.15) is 0 Å². The van der Waals surface area contributed by atoms with Crippen LogP contribution in [0.3, 0.4) is 0 Å². The molecule has 0 spiro atoms. The van der Waals surface area contributed by atoms with E-state index >= 15 is 0 Å². The van der Waals surface area contributed by atoms with Crippen LogP contribution in [0.1, 0.15) is 56.4 Å². The van der Waals surface area contributed by atoms with Crippen molar-refractivity contribution < 1.29 is 28.5 Å². The van der Waals surface area contributed by atoms with Crippen LogP contribution in [0.4, 0.5) is 0 Å². The summed E-state index contributed by atoms with van der Waals surface area (Å²) >= 11 is 0. The molecular formula is C37H44N2O6. The molecule has 0 atom stereocenters. The largest absolute Gasteiger partial charge is 0.493 e. The van der Waals surface area contributed by atoms with Crippen LogP contribution >= 0.6 is 0 Å². The Morgan fingerprint density at radius 1 is 0.600 bits per heavy atom. The Hall–Kier alpha value is -4.46. The lowest BCUT2D eigenvalue weighted by atomic mass is 9.81. The minimum Gasteiger partial charge on any atom is -0.493 e. The van der Waals surface area contributed by atoms with Crippen molar-refractivity contribution in [3.8, 4) is 23.0 Å². The van der Waals surface area contributed by atoms with Gasteiger partial charge in [-0.3, -0.25) is 9.59 Å². The fourth-order valence-electron chi connectivity index (χ4n) is 6.52. The zero-order valence-electron chi connectivity index (χ0n) is 27.7. The topological polar surface area (TPSA) is 77.5 Å². The minimum absolute atomic E-state index is 0.0517. The molecule has 2 aromatic carbocycles. The lowest BCUT2D eigenvalue weighted by Gasteiger charge is -2.24. The standard InChI is InChI=1S/C37H44N2O6/c1-36(2)26(18-24-20-30(42-5)32(44-7)22-28(24)36)10-12-34(40)38-14-9-15-39(17-16-38)35(41)13-11-27-19-25-21-31(43-6)33(45-8)23-29(25)37(27,3)4/h10-13,18-23H,9,14-17H2,1-8H3/b12-10+,13-11+. The second-order valence-corrected chi connectivity index (χ2v) is 12.7. The van der Waals surface area contributed by atoms with Gasteiger partial charge in [-0.2, -0.15) is 0 Å². The first-order valence-corrected chi connectivity index (χ1v) is 15.4. The quantitative estimate of drug-likeness (QED) is 0.344. The van der Waals surface area contributed by atoms with E-state index in [0.717, 1.165) is 39.8 Å². The first-order valence-electron chi connectivity index (χ1n) is 15.4. The van der Waals surface area contributed by atoms with Gasteiger partial charge in [0.05, 0.1) is 28.4 Å². The fourth-order valence-corrected chi connectivity index (χ4v) is 6.52. The Kier molecular flexibility index (Phi) is 8.88. The van der Waals surface area contributed by atoms with Gasteiger partial charge in [-0.15, -0.1) is 0 Å². The van der Waals surface area contributed by atoms with Crippen LogP contribution in [0.5, 0.6) is 23.0 Å². The minimum atomic E-state index is -0.289. The number of ether oxygens (including phenoxy) is 4. The normalized spacial score (nSPS) is 18.3. The molecule has 0 N–H and O–H groups in total. The van der Waals surface area contributed by atoms with Crippen molar-refractivity contribution in [2.75, 3.05) is 54.6 Å². The molecule has 1 heterocycles. The van der Waals surface area contributed by atoms with Crippen molar-refractivity contribution in [3.63, 3.8) is 0 Å². The summed E-state index contributed by atoms with van der Waals surface area (Å²) < 4.78 is 22.0. The van der Waals surface area contributed by atoms with Crippen molar-refractivity contribution in [3.05, 3.63) is 82.0 Å². The van der Waals surface area contributed by atoms with Gasteiger partial charge in [0, 0.05) is 49.2 Å². The zero-order valence-corrected chi connectivity index (χ0v) is 27.7. The lowest BCUT2D eigenvalue weighted by molar-refractivity contribution is -0.128. The number of hydrogen-bond acceptors (Lipinski definition) is 6. The summed E-state index contributed by atoms with van der Waals surface area (Å²) in [5, 5.41) is 0. The molecule has 1 fully saturated rings. The average Bonchev–Trinajstić information content (AvgIpc) is 3.27. The van der Waals surface area contributed by atoms with Gasteiger partial charge in [-0.25, -0.2) is 0 Å². The zero-order chi connectivity index (χ0) is 32.5. The van der Waals surface area contributed by atoms with Gasteiger partial charge in [-0.1, -0.05) is 52.0 Å². The molecule has 0 bridgehead atoms. The predicted octanol–water partition coefficient (Wildman–Crippen LogP) is 5.94. The van der Waals surface area contributed by atoms with Crippen molar-refractivity contribution in [2.24, 2.45) is 0 Å². The van der Waals surface area contributed by atoms with Crippen LogP contribution in [-0.2, 0) is 20.4 Å². The maximum Gasteiger partial charge on any atom is 0.246 e. The third kappa shape index (κ3) is 5.98. The van der Waals surface area contributed by atoms with Crippen molar-refractivity contribution in [2.45, 2.75) is 44.9 Å². The van der Waals surface area contributed by atoms with E-state index in [1.165, 1.54) is 0 Å². The van der Waals surface area contributed by atoms with Crippen LogP contribution in [0.15, 0.2) is 59.7 Å². The second kappa shape index (κ2) is 12.5. The highest BCUT2D eigenvalue weighted by atomic mass is 16.5. The number of benzene rings is 2. The smallest absolute Gasteiger partial charge is 0.246 e. The molecule has 2 aromatic rings. The summed E-state index contributed by atoms with van der Waals surface area (Å²) in [7, 11) is 6.52. The molecule has 3 aliphatic rings. The maximum atomic E-state index is 13.3. The van der Waals surface area contributed by atoms with E-state index < -0.39 is 0 Å². The van der Waals surface area contributed by atoms with Gasteiger partial charge in [0.2, 0.25) is 11.8 Å². The number of nitrogens with zero attached hydrogens (tertiary/aromatic N) is 2. The second-order valence-electron chi connectivity index (χ2n) is 12.7. The summed E-state index contributed by atoms with van der Waals surface area (Å²) in [6, 6.07) is 7.98. The van der Waals surface area contributed by atoms with Gasteiger partial charge in [0.15, 0.2) is 23.0 Å². The molecule has 2 amide bonds. The van der Waals surface area contributed by atoms with Crippen LogP contribution in [-0.4, -0.2) is 76.2 Å². The molecule has 2 aliphatic carbocycles. The fraction of sp³-hybridized carbons (Fsp3) is 0.405. The Morgan fingerprint density at radius 2 is 0.956 bits per heavy atom. The van der Waals surface area contributed by atoms with Crippen LogP contribution in [0.2, 0.25) is 0 Å². The summed E-state index contributed by atoms with van der Waals surface area (Å²) in [4.78, 5) is 30.2. The molecule has 5 rings (SSSR count). The number of methoxy groups -OCH3 is 4. The van der Waals surface area contributed by atoms with E-state index in [1.807, 2.05) is 46.2 Å². The van der Waals surface area contributed by atoms with E-state index in [2.05, 4.69) is 39.8 Å². The number of rotatable bonds is 8. The number of allylic oxidation sites excluding steroid dienone is 4. The highest BCUT2D eigenvalue weighted by Gasteiger charge is 2.34. The lowest BCUT2D eigenvalue weighted by Crippen LogP contribution is -2.36. The summed E-state index contributed by atoms with van der Waals surface area (Å²) in [5.74, 6) is 2.63. The highest BCUT2D eigenvalue weighted by Crippen LogP contribution is 2.47. The number of carbonyl (C=O) groups excluding carboxylic acids is 2. The molecule has 0 unspecified atom stereocenters. The predicted molar refractivity (Wildman–Crippen MR) is 177 cm³/mol. The summed E-state index contributed by atoms with van der Waals surface area (Å²) in [5.41, 5.74) is 5.88. The Balaban J connectivity index is 1.22. The van der Waals surface area contributed by atoms with Gasteiger partial charge >= 0.3 is 0 Å². The number of hydrogen-bond donors (Lipinski definition) is 0. The van der Waals surface area contributed by atoms with Gasteiger partial charge in [-0.05, 0) is 64.1 Å². The highest BCUT2D eigenvalue weighted by molar-refractivity contribution is 5.90. The molecule has 45 heavy (non-hydrogen) atoms. The van der Waals surface area contributed by atoms with Crippen molar-refractivity contribution in [1.29, 1.82) is 0 Å². The molecule has 8 nitrogen and oxygen atoms in total. The Morgan fingerprint density at radius 3 is 1.31 bits per heavy atom. The van der Waals surface area contributed by atoms with Crippen molar-refractivity contribution in [1.82, 2.24) is 9.80 Å². The molecule has 0 aromatic heterocycles. The average molecular weight is 613 g/mol. The van der Waals surface area contributed by atoms with Crippen LogP contribution in [0, 0.1) is 0 Å². The molecule has 0 radical (unpaired) electrons. The number of carbonyl (C=O) groups is 2. The van der Waals surface area contributed by atoms with E-state index in [4.69, 9.17) is 18.9 Å².